The van der Waals surface area contributed by atoms with E-state index in [2.05, 4.69) is 42.7 Å². The summed E-state index contributed by atoms with van der Waals surface area (Å²) in [6.45, 7) is 2.56. The lowest BCUT2D eigenvalue weighted by molar-refractivity contribution is -0.161. The fourth-order valence-electron chi connectivity index (χ4n) is 5.71. The average molecular weight is 828 g/mol. The van der Waals surface area contributed by atoms with Gasteiger partial charge in [-0.05, 0) is 57.8 Å². The van der Waals surface area contributed by atoms with Crippen LogP contribution in [0.4, 0.5) is 0 Å². The summed E-state index contributed by atoms with van der Waals surface area (Å²) in [4.78, 5) is 46.0. The molecule has 0 fully saturated rings. The molecule has 13 heteroatoms. The number of hydrogen-bond donors (Lipinski definition) is 4. The third-order valence-electron chi connectivity index (χ3n) is 9.16. The highest BCUT2D eigenvalue weighted by Gasteiger charge is 2.28. The first-order valence-electron chi connectivity index (χ1n) is 21.8. The maximum atomic E-state index is 12.6. The van der Waals surface area contributed by atoms with Gasteiger partial charge in [-0.2, -0.15) is 0 Å². The van der Waals surface area contributed by atoms with E-state index in [0.29, 0.717) is 19.3 Å². The van der Waals surface area contributed by atoms with Crippen molar-refractivity contribution in [3.05, 3.63) is 48.6 Å². The van der Waals surface area contributed by atoms with Gasteiger partial charge in [0.2, 0.25) is 0 Å². The predicted molar refractivity (Wildman–Crippen MR) is 228 cm³/mol. The molecule has 0 aromatic heterocycles. The van der Waals surface area contributed by atoms with Crippen LogP contribution < -0.4 is 5.73 Å². The van der Waals surface area contributed by atoms with E-state index in [0.717, 1.165) is 70.6 Å². The van der Waals surface area contributed by atoms with Crippen molar-refractivity contribution in [2.24, 2.45) is 5.73 Å². The summed E-state index contributed by atoms with van der Waals surface area (Å²) < 4.78 is 32.6. The molecule has 0 spiro atoms. The number of rotatable bonds is 40. The number of phosphoric acid groups is 1. The molecule has 0 saturated carbocycles. The number of nitrogens with two attached hydrogens (primary N) is 1. The summed E-state index contributed by atoms with van der Waals surface area (Å²) in [5.74, 6) is -2.47. The van der Waals surface area contributed by atoms with Crippen molar-refractivity contribution >= 4 is 25.7 Å². The lowest BCUT2D eigenvalue weighted by Crippen LogP contribution is -2.34. The second kappa shape index (κ2) is 38.9. The standard InChI is InChI=1S/C44H78NO11P/c1-3-5-7-9-11-12-13-14-15-16-17-18-19-20-22-26-31-35-43(48)56-40(37-54-57(51,52)55-38-41(45)44(49)50)36-53-42(47)34-30-27-23-25-29-33-39(46)32-28-24-21-10-8-6-4-2/h6,8,14-15,21,24,28,32,39-41,46H,3-5,7,9-13,16-20,22-23,25-27,29-31,33-38,45H2,1-2H3,(H,49,50)(H,51,52)/b8-6+,15-14-,24-21+,32-28+/t39?,40-,41+/m1/s1. The highest BCUT2D eigenvalue weighted by Crippen LogP contribution is 2.43. The number of esters is 2. The first-order chi connectivity index (χ1) is 27.5. The van der Waals surface area contributed by atoms with Crippen LogP contribution in [0.5, 0.6) is 0 Å². The van der Waals surface area contributed by atoms with Gasteiger partial charge in [-0.25, -0.2) is 4.57 Å². The summed E-state index contributed by atoms with van der Waals surface area (Å²) >= 11 is 0. The van der Waals surface area contributed by atoms with E-state index in [-0.39, 0.29) is 19.4 Å². The zero-order chi connectivity index (χ0) is 42.2. The molecule has 57 heavy (non-hydrogen) atoms. The van der Waals surface area contributed by atoms with Crippen molar-refractivity contribution in [1.82, 2.24) is 0 Å². The molecule has 4 atom stereocenters. The molecule has 2 unspecified atom stereocenters. The topological polar surface area (TPSA) is 192 Å². The van der Waals surface area contributed by atoms with Crippen LogP contribution in [0.2, 0.25) is 0 Å². The Hall–Kier alpha value is -2.60. The van der Waals surface area contributed by atoms with Gasteiger partial charge >= 0.3 is 25.7 Å². The zero-order valence-electron chi connectivity index (χ0n) is 35.3. The van der Waals surface area contributed by atoms with Crippen LogP contribution in [-0.2, 0) is 37.5 Å². The van der Waals surface area contributed by atoms with E-state index < -0.39 is 57.2 Å². The Morgan fingerprint density at radius 1 is 0.649 bits per heavy atom. The fraction of sp³-hybridized carbons (Fsp3) is 0.750. The van der Waals surface area contributed by atoms with Gasteiger partial charge in [-0.3, -0.25) is 23.4 Å². The predicted octanol–water partition coefficient (Wildman–Crippen LogP) is 10.4. The van der Waals surface area contributed by atoms with Gasteiger partial charge in [0, 0.05) is 12.8 Å². The van der Waals surface area contributed by atoms with Gasteiger partial charge in [0.15, 0.2) is 6.10 Å². The van der Waals surface area contributed by atoms with E-state index >= 15 is 0 Å². The first kappa shape index (κ1) is 54.4. The number of carbonyl (C=O) groups is 3. The van der Waals surface area contributed by atoms with E-state index in [1.807, 2.05) is 18.2 Å². The van der Waals surface area contributed by atoms with Crippen LogP contribution in [0.15, 0.2) is 48.6 Å². The number of carboxylic acid groups (broad SMARTS) is 1. The van der Waals surface area contributed by atoms with Crippen molar-refractivity contribution in [3.8, 4) is 0 Å². The Bertz CT molecular complexity index is 1170. The van der Waals surface area contributed by atoms with Crippen LogP contribution in [-0.4, -0.2) is 71.1 Å². The molecule has 0 aliphatic carbocycles. The lowest BCUT2D eigenvalue weighted by atomic mass is 10.1. The van der Waals surface area contributed by atoms with E-state index in [4.69, 9.17) is 24.8 Å². The quantitative estimate of drug-likeness (QED) is 0.0150. The third kappa shape index (κ3) is 38.7. The average Bonchev–Trinajstić information content (AvgIpc) is 3.18. The molecule has 0 aromatic rings. The Morgan fingerprint density at radius 2 is 1.19 bits per heavy atom. The van der Waals surface area contributed by atoms with Crippen molar-refractivity contribution in [3.63, 3.8) is 0 Å². The third-order valence-corrected chi connectivity index (χ3v) is 10.1. The highest BCUT2D eigenvalue weighted by atomic mass is 31.2. The Morgan fingerprint density at radius 3 is 1.79 bits per heavy atom. The lowest BCUT2D eigenvalue weighted by Gasteiger charge is -2.20. The second-order valence-electron chi connectivity index (χ2n) is 14.6. The maximum Gasteiger partial charge on any atom is 0.472 e. The number of carbonyl (C=O) groups excluding carboxylic acids is 2. The molecule has 0 aliphatic heterocycles. The van der Waals surface area contributed by atoms with Gasteiger partial charge in [0.25, 0.3) is 0 Å². The smallest absolute Gasteiger partial charge is 0.472 e. The Kier molecular flexibility index (Phi) is 37.1. The van der Waals surface area contributed by atoms with Gasteiger partial charge in [0.05, 0.1) is 19.3 Å². The van der Waals surface area contributed by atoms with Crippen LogP contribution in [0.25, 0.3) is 0 Å². The second-order valence-corrected chi connectivity index (χ2v) is 16.1. The molecule has 0 amide bonds. The van der Waals surface area contributed by atoms with Gasteiger partial charge in [-0.15, -0.1) is 0 Å². The van der Waals surface area contributed by atoms with Gasteiger partial charge < -0.3 is 30.3 Å². The van der Waals surface area contributed by atoms with E-state index in [1.54, 1.807) is 6.08 Å². The molecule has 0 rings (SSSR count). The van der Waals surface area contributed by atoms with Crippen LogP contribution in [0.3, 0.4) is 0 Å². The van der Waals surface area contributed by atoms with Crippen LogP contribution >= 0.6 is 7.82 Å². The summed E-state index contributed by atoms with van der Waals surface area (Å²) in [6, 6.07) is -1.54. The van der Waals surface area contributed by atoms with Crippen molar-refractivity contribution in [2.45, 2.75) is 193 Å². The normalized spacial score (nSPS) is 14.8. The molecule has 0 heterocycles. The Labute approximate surface area is 344 Å². The van der Waals surface area contributed by atoms with Crippen molar-refractivity contribution in [1.29, 1.82) is 0 Å². The number of hydrogen-bond acceptors (Lipinski definition) is 10. The number of ether oxygens (including phenoxy) is 2. The number of phosphoric ester groups is 1. The molecule has 12 nitrogen and oxygen atoms in total. The monoisotopic (exact) mass is 828 g/mol. The molecule has 0 aliphatic rings. The molecule has 0 saturated heterocycles. The van der Waals surface area contributed by atoms with Gasteiger partial charge in [0.1, 0.15) is 12.6 Å². The van der Waals surface area contributed by atoms with Crippen molar-refractivity contribution < 1.29 is 52.6 Å². The van der Waals surface area contributed by atoms with Crippen molar-refractivity contribution in [2.75, 3.05) is 19.8 Å². The maximum absolute atomic E-state index is 12.6. The molecule has 0 radical (unpaired) electrons. The first-order valence-corrected chi connectivity index (χ1v) is 23.3. The number of allylic oxidation sites excluding steroid dienone is 7. The van der Waals surface area contributed by atoms with Crippen LogP contribution in [0, 0.1) is 0 Å². The number of unbranched alkanes of at least 4 members (excludes halogenated alkanes) is 17. The molecular weight excluding hydrogens is 749 g/mol. The summed E-state index contributed by atoms with van der Waals surface area (Å²) in [5, 5.41) is 19.0. The van der Waals surface area contributed by atoms with Crippen LogP contribution in [0.1, 0.15) is 174 Å². The number of carboxylic acids is 1. The molecular formula is C44H78NO11P. The Balaban J connectivity index is 4.45. The fourth-order valence-corrected chi connectivity index (χ4v) is 6.49. The minimum Gasteiger partial charge on any atom is -0.480 e. The number of aliphatic hydroxyl groups is 1. The summed E-state index contributed by atoms with van der Waals surface area (Å²) in [7, 11) is -4.74. The number of aliphatic hydroxyl groups excluding tert-OH is 1. The summed E-state index contributed by atoms with van der Waals surface area (Å²) in [5.41, 5.74) is 5.33. The molecule has 5 N–H and O–H groups in total. The van der Waals surface area contributed by atoms with E-state index in [1.165, 1.54) is 57.8 Å². The number of aliphatic carboxylic acids is 1. The molecule has 330 valence electrons. The summed E-state index contributed by atoms with van der Waals surface area (Å²) in [6.07, 6.45) is 39.1. The largest absolute Gasteiger partial charge is 0.480 e. The minimum absolute atomic E-state index is 0.135. The highest BCUT2D eigenvalue weighted by molar-refractivity contribution is 7.47. The van der Waals surface area contributed by atoms with Gasteiger partial charge in [-0.1, -0.05) is 152 Å². The molecule has 0 bridgehead atoms. The molecule has 0 aromatic carbocycles. The zero-order valence-corrected chi connectivity index (χ0v) is 36.2. The van der Waals surface area contributed by atoms with E-state index in [9.17, 15) is 28.9 Å². The SMILES string of the molecule is CC/C=C/C/C=C/C=C/C(O)CCCCCCCC(=O)OC[C@H](COP(=O)(O)OC[C@H](N)C(=O)O)OC(=O)CCCCCCCCC/C=C\CCCCCCCC. The minimum atomic E-state index is -4.74.